The fraction of sp³-hybridized carbons (Fsp3) is 0.615. The Morgan fingerprint density at radius 3 is 2.65 bits per heavy atom. The lowest BCUT2D eigenvalue weighted by molar-refractivity contribution is 0.0589. The van der Waals surface area contributed by atoms with Crippen molar-refractivity contribution < 1.29 is 9.53 Å². The minimum Gasteiger partial charge on any atom is -0.464 e. The number of aromatic nitrogens is 1. The van der Waals surface area contributed by atoms with E-state index >= 15 is 0 Å². The molecule has 0 amide bonds. The van der Waals surface area contributed by atoms with Gasteiger partial charge in [0.05, 0.1) is 7.11 Å². The monoisotopic (exact) mass is 236 g/mol. The maximum absolute atomic E-state index is 11.6. The van der Waals surface area contributed by atoms with Gasteiger partial charge in [-0.2, -0.15) is 0 Å². The van der Waals surface area contributed by atoms with Crippen molar-refractivity contribution in [1.82, 2.24) is 4.57 Å². The van der Waals surface area contributed by atoms with E-state index in [1.165, 1.54) is 20.0 Å². The molecule has 0 spiro atoms. The Morgan fingerprint density at radius 2 is 2.12 bits per heavy atom. The first kappa shape index (κ1) is 12.2. The molecule has 0 aliphatic heterocycles. The van der Waals surface area contributed by atoms with Gasteiger partial charge in [-0.05, 0) is 25.0 Å². The second kappa shape index (κ2) is 4.53. The molecule has 0 unspecified atom stereocenters. The van der Waals surface area contributed by atoms with Crippen LogP contribution in [-0.4, -0.2) is 24.2 Å². The van der Waals surface area contributed by atoms with E-state index in [4.69, 9.17) is 10.5 Å². The first-order valence-corrected chi connectivity index (χ1v) is 6.09. The molecule has 0 aromatic carbocycles. The van der Waals surface area contributed by atoms with Gasteiger partial charge in [-0.1, -0.05) is 12.8 Å². The Bertz CT molecular complexity index is 417. The van der Waals surface area contributed by atoms with E-state index in [2.05, 4.69) is 0 Å². The summed E-state index contributed by atoms with van der Waals surface area (Å²) in [6.45, 7) is 0.644. The average Bonchev–Trinajstić information content (AvgIpc) is 2.95. The topological polar surface area (TPSA) is 57.2 Å². The molecule has 94 valence electrons. The lowest BCUT2D eigenvalue weighted by atomic mass is 9.83. The molecule has 1 aliphatic carbocycles. The smallest absolute Gasteiger partial charge is 0.354 e. The van der Waals surface area contributed by atoms with Crippen LogP contribution in [-0.2, 0) is 17.2 Å². The fourth-order valence-corrected chi connectivity index (χ4v) is 2.97. The summed E-state index contributed by atoms with van der Waals surface area (Å²) in [6, 6.07) is 3.85. The van der Waals surface area contributed by atoms with Gasteiger partial charge in [0.25, 0.3) is 0 Å². The number of nitrogens with two attached hydrogens (primary N) is 1. The summed E-state index contributed by atoms with van der Waals surface area (Å²) in [4.78, 5) is 11.6. The molecular weight excluding hydrogens is 216 g/mol. The molecule has 0 bridgehead atoms. The number of esters is 1. The SMILES string of the molecule is COC(=O)c1ccc(C2(CN)CCCC2)n1C. The van der Waals surface area contributed by atoms with Gasteiger partial charge in [-0.25, -0.2) is 4.79 Å². The zero-order valence-corrected chi connectivity index (χ0v) is 10.5. The molecule has 1 fully saturated rings. The van der Waals surface area contributed by atoms with Crippen LogP contribution >= 0.6 is 0 Å². The largest absolute Gasteiger partial charge is 0.464 e. The Morgan fingerprint density at radius 1 is 1.47 bits per heavy atom. The van der Waals surface area contributed by atoms with Crippen LogP contribution in [0.4, 0.5) is 0 Å². The number of hydrogen-bond acceptors (Lipinski definition) is 3. The van der Waals surface area contributed by atoms with Gasteiger partial charge < -0.3 is 15.0 Å². The lowest BCUT2D eigenvalue weighted by Crippen LogP contribution is -2.34. The van der Waals surface area contributed by atoms with Crippen LogP contribution in [0.25, 0.3) is 0 Å². The molecule has 1 saturated carbocycles. The Hall–Kier alpha value is -1.29. The van der Waals surface area contributed by atoms with Crippen molar-refractivity contribution in [3.63, 3.8) is 0 Å². The van der Waals surface area contributed by atoms with E-state index in [1.807, 2.05) is 23.7 Å². The minimum absolute atomic E-state index is 0.0566. The highest BCUT2D eigenvalue weighted by Crippen LogP contribution is 2.40. The van der Waals surface area contributed by atoms with Crippen LogP contribution in [0.2, 0.25) is 0 Å². The van der Waals surface area contributed by atoms with E-state index in [-0.39, 0.29) is 11.4 Å². The quantitative estimate of drug-likeness (QED) is 0.811. The number of methoxy groups -OCH3 is 1. The Labute approximate surface area is 102 Å². The van der Waals surface area contributed by atoms with E-state index in [9.17, 15) is 4.79 Å². The third-order valence-corrected chi connectivity index (χ3v) is 4.01. The minimum atomic E-state index is -0.288. The highest BCUT2D eigenvalue weighted by molar-refractivity contribution is 5.87. The highest BCUT2D eigenvalue weighted by Gasteiger charge is 2.37. The summed E-state index contributed by atoms with van der Waals surface area (Å²) in [5.74, 6) is -0.288. The third kappa shape index (κ3) is 1.86. The van der Waals surface area contributed by atoms with E-state index in [0.717, 1.165) is 18.5 Å². The molecule has 4 nitrogen and oxygen atoms in total. The molecule has 0 radical (unpaired) electrons. The standard InChI is InChI=1S/C13H20N2O2/c1-15-10(12(16)17-2)5-6-11(15)13(9-14)7-3-4-8-13/h5-6H,3-4,7-9,14H2,1-2H3. The van der Waals surface area contributed by atoms with Gasteiger partial charge in [-0.3, -0.25) is 0 Å². The summed E-state index contributed by atoms with van der Waals surface area (Å²) in [5.41, 5.74) is 7.78. The van der Waals surface area contributed by atoms with Crippen LogP contribution in [0, 0.1) is 0 Å². The van der Waals surface area contributed by atoms with Crippen molar-refractivity contribution in [1.29, 1.82) is 0 Å². The van der Waals surface area contributed by atoms with Crippen molar-refractivity contribution in [3.05, 3.63) is 23.5 Å². The summed E-state index contributed by atoms with van der Waals surface area (Å²) in [5, 5.41) is 0. The normalized spacial score (nSPS) is 18.3. The summed E-state index contributed by atoms with van der Waals surface area (Å²) in [7, 11) is 3.32. The zero-order chi connectivity index (χ0) is 12.5. The zero-order valence-electron chi connectivity index (χ0n) is 10.5. The first-order valence-electron chi connectivity index (χ1n) is 6.09. The second-order valence-corrected chi connectivity index (χ2v) is 4.85. The number of nitrogens with zero attached hydrogens (tertiary/aromatic N) is 1. The predicted octanol–water partition coefficient (Wildman–Crippen LogP) is 1.58. The molecule has 1 aliphatic rings. The molecule has 17 heavy (non-hydrogen) atoms. The molecular formula is C13H20N2O2. The van der Waals surface area contributed by atoms with Crippen LogP contribution in [0.1, 0.15) is 41.9 Å². The Kier molecular flexibility index (Phi) is 3.24. The number of hydrogen-bond donors (Lipinski definition) is 1. The van der Waals surface area contributed by atoms with Crippen molar-refractivity contribution in [2.75, 3.05) is 13.7 Å². The number of carbonyl (C=O) groups is 1. The summed E-state index contributed by atoms with van der Waals surface area (Å²) >= 11 is 0. The van der Waals surface area contributed by atoms with Crippen molar-refractivity contribution in [2.45, 2.75) is 31.1 Å². The van der Waals surface area contributed by atoms with Gasteiger partial charge in [0.1, 0.15) is 5.69 Å². The summed E-state index contributed by atoms with van der Waals surface area (Å²) < 4.78 is 6.70. The highest BCUT2D eigenvalue weighted by atomic mass is 16.5. The van der Waals surface area contributed by atoms with Gasteiger partial charge >= 0.3 is 5.97 Å². The molecule has 2 rings (SSSR count). The second-order valence-electron chi connectivity index (χ2n) is 4.85. The molecule has 1 heterocycles. The fourth-order valence-electron chi connectivity index (χ4n) is 2.97. The third-order valence-electron chi connectivity index (χ3n) is 4.01. The number of rotatable bonds is 3. The van der Waals surface area contributed by atoms with Crippen LogP contribution in [0.3, 0.4) is 0 Å². The van der Waals surface area contributed by atoms with E-state index in [0.29, 0.717) is 12.2 Å². The van der Waals surface area contributed by atoms with Gasteiger partial charge in [0.2, 0.25) is 0 Å². The van der Waals surface area contributed by atoms with Gasteiger partial charge in [-0.15, -0.1) is 0 Å². The Balaban J connectivity index is 2.39. The maximum Gasteiger partial charge on any atom is 0.354 e. The van der Waals surface area contributed by atoms with E-state index < -0.39 is 0 Å². The van der Waals surface area contributed by atoms with Gasteiger partial charge in [0, 0.05) is 24.7 Å². The summed E-state index contributed by atoms with van der Waals surface area (Å²) in [6.07, 6.45) is 4.66. The average molecular weight is 236 g/mol. The molecule has 1 aromatic rings. The molecule has 4 heteroatoms. The lowest BCUT2D eigenvalue weighted by Gasteiger charge is -2.28. The molecule has 0 atom stereocenters. The molecule has 0 saturated heterocycles. The van der Waals surface area contributed by atoms with Crippen LogP contribution < -0.4 is 5.73 Å². The maximum atomic E-state index is 11.6. The molecule has 2 N–H and O–H groups in total. The number of ether oxygens (including phenoxy) is 1. The van der Waals surface area contributed by atoms with Crippen LogP contribution in [0.5, 0.6) is 0 Å². The van der Waals surface area contributed by atoms with Crippen molar-refractivity contribution in [2.24, 2.45) is 12.8 Å². The van der Waals surface area contributed by atoms with Crippen LogP contribution in [0.15, 0.2) is 12.1 Å². The van der Waals surface area contributed by atoms with Crippen molar-refractivity contribution in [3.8, 4) is 0 Å². The first-order chi connectivity index (χ1) is 8.14. The predicted molar refractivity (Wildman–Crippen MR) is 66.0 cm³/mol. The van der Waals surface area contributed by atoms with E-state index in [1.54, 1.807) is 0 Å². The number of carbonyl (C=O) groups excluding carboxylic acids is 1. The van der Waals surface area contributed by atoms with Gasteiger partial charge in [0.15, 0.2) is 0 Å². The van der Waals surface area contributed by atoms with Crippen molar-refractivity contribution >= 4 is 5.97 Å². The molecule has 1 aromatic heterocycles.